The highest BCUT2D eigenvalue weighted by Crippen LogP contribution is 2.44. The van der Waals surface area contributed by atoms with Gasteiger partial charge in [0.1, 0.15) is 5.76 Å². The number of ketones is 1. The van der Waals surface area contributed by atoms with Crippen LogP contribution in [0, 0.1) is 0 Å². The number of pyridine rings is 1. The quantitative estimate of drug-likeness (QED) is 0.0918. The third-order valence-electron chi connectivity index (χ3n) is 5.44. The summed E-state index contributed by atoms with van der Waals surface area (Å²) in [5, 5.41) is 20.5. The van der Waals surface area contributed by atoms with Crippen LogP contribution in [0.3, 0.4) is 0 Å². The van der Waals surface area contributed by atoms with E-state index >= 15 is 0 Å². The molecule has 2 aromatic carbocycles. The summed E-state index contributed by atoms with van der Waals surface area (Å²) >= 11 is 12.1. The number of nitrogens with zero attached hydrogens (tertiary/aromatic N) is 4. The number of carbonyl (C=O) groups is 2. The van der Waals surface area contributed by atoms with Crippen LogP contribution < -0.4 is 4.90 Å². The van der Waals surface area contributed by atoms with Crippen LogP contribution in [0.15, 0.2) is 87.4 Å². The molecule has 36 heavy (non-hydrogen) atoms. The summed E-state index contributed by atoms with van der Waals surface area (Å²) in [6.45, 7) is 0. The van der Waals surface area contributed by atoms with E-state index in [1.807, 2.05) is 30.3 Å². The van der Waals surface area contributed by atoms with Gasteiger partial charge in [-0.2, -0.15) is 0 Å². The number of aromatic nitrogens is 3. The molecule has 180 valence electrons. The average molecular weight is 600 g/mol. The van der Waals surface area contributed by atoms with Crippen molar-refractivity contribution in [3.05, 3.63) is 105 Å². The number of carbonyl (C=O) groups excluding carboxylic acids is 2. The SMILES string of the molecule is O=C1C(=O)N(c2nnc(SCc3ccc(Cl)cc3)s2)C(c2cccc(Br)c2)/C1=C(\O)c1ccncc1. The standard InChI is InChI=1S/C25H16BrClN4O3S2/c26-17-3-1-2-16(12-17)20-19(21(32)15-8-10-28-11-9-15)22(33)23(34)31(20)24-29-30-25(36-24)35-13-14-4-6-18(27)7-5-14/h1-12,20,32H,13H2/b21-19+. The number of halogens is 2. The Kier molecular flexibility index (Phi) is 7.20. The molecule has 1 N–H and O–H groups in total. The summed E-state index contributed by atoms with van der Waals surface area (Å²) in [6.07, 6.45) is 3.02. The van der Waals surface area contributed by atoms with Crippen molar-refractivity contribution in [3.8, 4) is 0 Å². The minimum atomic E-state index is -0.877. The molecule has 1 amide bonds. The topological polar surface area (TPSA) is 96.3 Å². The number of benzene rings is 2. The van der Waals surface area contributed by atoms with Gasteiger partial charge in [0.25, 0.3) is 5.78 Å². The summed E-state index contributed by atoms with van der Waals surface area (Å²) in [5.74, 6) is -1.20. The van der Waals surface area contributed by atoms with Gasteiger partial charge in [-0.1, -0.05) is 74.9 Å². The first-order chi connectivity index (χ1) is 17.4. The van der Waals surface area contributed by atoms with E-state index in [4.69, 9.17) is 11.6 Å². The van der Waals surface area contributed by atoms with Gasteiger partial charge >= 0.3 is 5.91 Å². The van der Waals surface area contributed by atoms with Crippen molar-refractivity contribution in [2.75, 3.05) is 4.90 Å². The van der Waals surface area contributed by atoms with E-state index < -0.39 is 17.7 Å². The van der Waals surface area contributed by atoms with E-state index in [0.29, 0.717) is 26.2 Å². The molecule has 1 fully saturated rings. The number of aliphatic hydroxyl groups excluding tert-OH is 1. The van der Waals surface area contributed by atoms with Crippen molar-refractivity contribution in [3.63, 3.8) is 0 Å². The van der Waals surface area contributed by atoms with Crippen molar-refractivity contribution >= 4 is 73.2 Å². The Bertz CT molecular complexity index is 1480. The second-order valence-corrected chi connectivity index (χ2v) is 11.3. The lowest BCUT2D eigenvalue weighted by atomic mass is 9.96. The van der Waals surface area contributed by atoms with E-state index in [1.54, 1.807) is 30.3 Å². The van der Waals surface area contributed by atoms with Gasteiger partial charge in [-0.05, 0) is 47.5 Å². The maximum atomic E-state index is 13.3. The molecule has 1 unspecified atom stereocenters. The molecule has 0 radical (unpaired) electrons. The van der Waals surface area contributed by atoms with Crippen LogP contribution in [0.25, 0.3) is 5.76 Å². The molecule has 1 saturated heterocycles. The highest BCUT2D eigenvalue weighted by Gasteiger charge is 2.48. The van der Waals surface area contributed by atoms with Crippen molar-refractivity contribution in [2.24, 2.45) is 0 Å². The lowest BCUT2D eigenvalue weighted by molar-refractivity contribution is -0.132. The number of amides is 1. The molecule has 0 saturated carbocycles. The molecule has 5 rings (SSSR count). The fourth-order valence-electron chi connectivity index (χ4n) is 3.77. The van der Waals surface area contributed by atoms with Crippen LogP contribution in [0.1, 0.15) is 22.7 Å². The Balaban J connectivity index is 1.53. The second kappa shape index (κ2) is 10.5. The van der Waals surface area contributed by atoms with Crippen LogP contribution >= 0.6 is 50.6 Å². The highest BCUT2D eigenvalue weighted by atomic mass is 79.9. The number of Topliss-reactive ketones (excluding diaryl/α,β-unsaturated/α-hetero) is 1. The third-order valence-corrected chi connectivity index (χ3v) is 8.31. The lowest BCUT2D eigenvalue weighted by Gasteiger charge is -2.22. The van der Waals surface area contributed by atoms with Gasteiger partial charge in [0, 0.05) is 33.2 Å². The fourth-order valence-corrected chi connectivity index (χ4v) is 6.14. The number of aliphatic hydroxyl groups is 1. The molecular weight excluding hydrogens is 584 g/mol. The summed E-state index contributed by atoms with van der Waals surface area (Å²) < 4.78 is 1.41. The second-order valence-electron chi connectivity index (χ2n) is 7.73. The number of anilines is 1. The van der Waals surface area contributed by atoms with E-state index in [2.05, 4.69) is 31.1 Å². The van der Waals surface area contributed by atoms with Crippen LogP contribution in [0.4, 0.5) is 5.13 Å². The first-order valence-electron chi connectivity index (χ1n) is 10.6. The largest absolute Gasteiger partial charge is 0.507 e. The first kappa shape index (κ1) is 24.6. The van der Waals surface area contributed by atoms with Gasteiger partial charge in [-0.15, -0.1) is 10.2 Å². The zero-order valence-electron chi connectivity index (χ0n) is 18.3. The van der Waals surface area contributed by atoms with Crippen LogP contribution in [-0.4, -0.2) is 32.0 Å². The Labute approximate surface area is 228 Å². The molecule has 3 heterocycles. The predicted octanol–water partition coefficient (Wildman–Crippen LogP) is 6.27. The molecule has 1 atom stereocenters. The van der Waals surface area contributed by atoms with Crippen LogP contribution in [-0.2, 0) is 15.3 Å². The maximum absolute atomic E-state index is 13.3. The summed E-state index contributed by atoms with van der Waals surface area (Å²) in [6, 6.07) is 17.0. The molecule has 0 aliphatic carbocycles. The fraction of sp³-hybridized carbons (Fsp3) is 0.0800. The van der Waals surface area contributed by atoms with Crippen molar-refractivity contribution in [1.29, 1.82) is 0 Å². The molecule has 2 aromatic heterocycles. The first-order valence-corrected chi connectivity index (χ1v) is 13.6. The summed E-state index contributed by atoms with van der Waals surface area (Å²) in [5.41, 5.74) is 2.08. The molecule has 4 aromatic rings. The Morgan fingerprint density at radius 1 is 1.08 bits per heavy atom. The monoisotopic (exact) mass is 598 g/mol. The number of thioether (sulfide) groups is 1. The number of hydrogen-bond donors (Lipinski definition) is 1. The van der Waals surface area contributed by atoms with E-state index in [9.17, 15) is 14.7 Å². The molecule has 0 spiro atoms. The van der Waals surface area contributed by atoms with E-state index in [-0.39, 0.29) is 16.5 Å². The third kappa shape index (κ3) is 4.94. The van der Waals surface area contributed by atoms with Gasteiger partial charge in [0.05, 0.1) is 11.6 Å². The van der Waals surface area contributed by atoms with Gasteiger partial charge in [0.2, 0.25) is 5.13 Å². The predicted molar refractivity (Wildman–Crippen MR) is 144 cm³/mol. The molecule has 11 heteroatoms. The smallest absolute Gasteiger partial charge is 0.301 e. The molecule has 0 bridgehead atoms. The molecule has 1 aliphatic heterocycles. The van der Waals surface area contributed by atoms with Gasteiger partial charge in [-0.3, -0.25) is 19.5 Å². The lowest BCUT2D eigenvalue weighted by Crippen LogP contribution is -2.29. The average Bonchev–Trinajstić information content (AvgIpc) is 3.46. The van der Waals surface area contributed by atoms with Crippen LogP contribution in [0.5, 0.6) is 0 Å². The Morgan fingerprint density at radius 2 is 1.83 bits per heavy atom. The Morgan fingerprint density at radius 3 is 2.56 bits per heavy atom. The van der Waals surface area contributed by atoms with E-state index in [1.165, 1.54) is 40.4 Å². The zero-order chi connectivity index (χ0) is 25.2. The van der Waals surface area contributed by atoms with Gasteiger partial charge in [0.15, 0.2) is 4.34 Å². The van der Waals surface area contributed by atoms with Crippen molar-refractivity contribution in [2.45, 2.75) is 16.1 Å². The van der Waals surface area contributed by atoms with Crippen LogP contribution in [0.2, 0.25) is 5.02 Å². The number of rotatable bonds is 6. The summed E-state index contributed by atoms with van der Waals surface area (Å²) in [4.78, 5) is 31.8. The normalized spacial score (nSPS) is 17.1. The number of hydrogen-bond acceptors (Lipinski definition) is 8. The molecule has 7 nitrogen and oxygen atoms in total. The summed E-state index contributed by atoms with van der Waals surface area (Å²) in [7, 11) is 0. The zero-order valence-corrected chi connectivity index (χ0v) is 22.3. The minimum absolute atomic E-state index is 0.0186. The van der Waals surface area contributed by atoms with Crippen molar-refractivity contribution < 1.29 is 14.7 Å². The van der Waals surface area contributed by atoms with Gasteiger partial charge < -0.3 is 5.11 Å². The van der Waals surface area contributed by atoms with Crippen molar-refractivity contribution in [1.82, 2.24) is 15.2 Å². The highest BCUT2D eigenvalue weighted by molar-refractivity contribution is 9.10. The van der Waals surface area contributed by atoms with Gasteiger partial charge in [-0.25, -0.2) is 0 Å². The molecular formula is C25H16BrClN4O3S2. The Hall–Kier alpha value is -3.05. The van der Waals surface area contributed by atoms with E-state index in [0.717, 1.165) is 10.0 Å². The minimum Gasteiger partial charge on any atom is -0.507 e. The maximum Gasteiger partial charge on any atom is 0.301 e. The molecule has 1 aliphatic rings.